The highest BCUT2D eigenvalue weighted by atomic mass is 35.5. The monoisotopic (exact) mass is 424 g/mol. The second-order valence-corrected chi connectivity index (χ2v) is 7.70. The average Bonchev–Trinajstić information content (AvgIpc) is 3.18. The van der Waals surface area contributed by atoms with Crippen LogP contribution in [0.2, 0.25) is 0 Å². The van der Waals surface area contributed by atoms with Crippen molar-refractivity contribution >= 4 is 24.8 Å². The van der Waals surface area contributed by atoms with Crippen LogP contribution in [0.1, 0.15) is 42.9 Å². The standard InChI is InChI=1S/C23H32N2O.2ClH/c1-18(2)21-8-10-23(11-9-21)26-15-13-19-4-6-20(7-5-19)17-25(3)22-12-14-24-16-22;;/h4-11,18,22,24H,12-17H2,1-3H3;2*1H. The number of hydrogen-bond donors (Lipinski definition) is 1. The van der Waals surface area contributed by atoms with Gasteiger partial charge in [0, 0.05) is 25.6 Å². The van der Waals surface area contributed by atoms with Gasteiger partial charge in [0.05, 0.1) is 6.61 Å². The zero-order valence-electron chi connectivity index (χ0n) is 17.2. The molecular formula is C23H34Cl2N2O. The number of rotatable bonds is 8. The van der Waals surface area contributed by atoms with Gasteiger partial charge in [0.25, 0.3) is 0 Å². The number of ether oxygens (including phenoxy) is 1. The van der Waals surface area contributed by atoms with E-state index in [1.165, 1.54) is 23.1 Å². The third-order valence-corrected chi connectivity index (χ3v) is 5.32. The van der Waals surface area contributed by atoms with Gasteiger partial charge in [0.2, 0.25) is 0 Å². The molecule has 1 heterocycles. The largest absolute Gasteiger partial charge is 0.493 e. The molecule has 2 aromatic rings. The number of benzene rings is 2. The van der Waals surface area contributed by atoms with Crippen LogP contribution in [0.5, 0.6) is 5.75 Å². The van der Waals surface area contributed by atoms with Crippen LogP contribution in [-0.2, 0) is 13.0 Å². The molecule has 1 saturated heterocycles. The van der Waals surface area contributed by atoms with E-state index in [1.54, 1.807) is 0 Å². The topological polar surface area (TPSA) is 24.5 Å². The average molecular weight is 425 g/mol. The van der Waals surface area contributed by atoms with Gasteiger partial charge in [-0.1, -0.05) is 50.2 Å². The van der Waals surface area contributed by atoms with Crippen LogP contribution in [0, 0.1) is 0 Å². The van der Waals surface area contributed by atoms with E-state index in [4.69, 9.17) is 4.74 Å². The van der Waals surface area contributed by atoms with Crippen LogP contribution in [0.3, 0.4) is 0 Å². The Labute approximate surface area is 182 Å². The van der Waals surface area contributed by atoms with Crippen molar-refractivity contribution in [3.8, 4) is 5.75 Å². The van der Waals surface area contributed by atoms with Gasteiger partial charge in [-0.25, -0.2) is 0 Å². The van der Waals surface area contributed by atoms with Crippen molar-refractivity contribution in [2.45, 2.75) is 45.2 Å². The Morgan fingerprint density at radius 3 is 2.21 bits per heavy atom. The molecule has 1 aliphatic rings. The normalized spacial score (nSPS) is 16.0. The molecular weight excluding hydrogens is 391 g/mol. The predicted octanol–water partition coefficient (Wildman–Crippen LogP) is 5.07. The molecule has 3 nitrogen and oxygen atoms in total. The Balaban J connectivity index is 0.00000196. The molecule has 28 heavy (non-hydrogen) atoms. The van der Waals surface area contributed by atoms with Gasteiger partial charge >= 0.3 is 0 Å². The van der Waals surface area contributed by atoms with Gasteiger partial charge in [-0.2, -0.15) is 0 Å². The van der Waals surface area contributed by atoms with Crippen molar-refractivity contribution in [3.05, 3.63) is 65.2 Å². The molecule has 0 radical (unpaired) electrons. The first-order valence-electron chi connectivity index (χ1n) is 9.83. The van der Waals surface area contributed by atoms with Gasteiger partial charge in [-0.3, -0.25) is 4.90 Å². The Hall–Kier alpha value is -1.26. The molecule has 2 aromatic carbocycles. The van der Waals surface area contributed by atoms with Crippen LogP contribution >= 0.6 is 24.8 Å². The lowest BCUT2D eigenvalue weighted by Gasteiger charge is -2.23. The van der Waals surface area contributed by atoms with E-state index >= 15 is 0 Å². The molecule has 3 rings (SSSR count). The van der Waals surface area contributed by atoms with Gasteiger partial charge in [0.1, 0.15) is 5.75 Å². The number of hydrogen-bond acceptors (Lipinski definition) is 3. The van der Waals surface area contributed by atoms with Crippen molar-refractivity contribution < 1.29 is 4.74 Å². The van der Waals surface area contributed by atoms with E-state index in [9.17, 15) is 0 Å². The predicted molar refractivity (Wildman–Crippen MR) is 123 cm³/mol. The van der Waals surface area contributed by atoms with E-state index < -0.39 is 0 Å². The third kappa shape index (κ3) is 7.29. The number of nitrogens with one attached hydrogen (secondary N) is 1. The van der Waals surface area contributed by atoms with E-state index in [-0.39, 0.29) is 24.8 Å². The zero-order valence-corrected chi connectivity index (χ0v) is 18.8. The van der Waals surface area contributed by atoms with Crippen molar-refractivity contribution in [3.63, 3.8) is 0 Å². The smallest absolute Gasteiger partial charge is 0.119 e. The van der Waals surface area contributed by atoms with Crippen LogP contribution in [0.4, 0.5) is 0 Å². The molecule has 0 aliphatic carbocycles. The summed E-state index contributed by atoms with van der Waals surface area (Å²) in [6.45, 7) is 8.42. The first-order chi connectivity index (χ1) is 12.6. The lowest BCUT2D eigenvalue weighted by molar-refractivity contribution is 0.249. The number of likely N-dealkylation sites (N-methyl/N-ethyl adjacent to an activating group) is 1. The van der Waals surface area contributed by atoms with Gasteiger partial charge in [-0.15, -0.1) is 24.8 Å². The molecule has 1 aliphatic heterocycles. The molecule has 1 unspecified atom stereocenters. The Morgan fingerprint density at radius 2 is 1.64 bits per heavy atom. The van der Waals surface area contributed by atoms with Crippen molar-refractivity contribution in [2.24, 2.45) is 0 Å². The highest BCUT2D eigenvalue weighted by Crippen LogP contribution is 2.19. The quantitative estimate of drug-likeness (QED) is 0.639. The van der Waals surface area contributed by atoms with Gasteiger partial charge in [-0.05, 0) is 54.8 Å². The van der Waals surface area contributed by atoms with E-state index in [0.717, 1.165) is 31.8 Å². The van der Waals surface area contributed by atoms with Gasteiger partial charge in [0.15, 0.2) is 0 Å². The van der Waals surface area contributed by atoms with E-state index in [0.29, 0.717) is 18.6 Å². The molecule has 0 aromatic heterocycles. The zero-order chi connectivity index (χ0) is 18.4. The Kier molecular flexibility index (Phi) is 10.9. The first-order valence-corrected chi connectivity index (χ1v) is 9.83. The van der Waals surface area contributed by atoms with Crippen molar-refractivity contribution in [1.29, 1.82) is 0 Å². The lowest BCUT2D eigenvalue weighted by Crippen LogP contribution is -2.32. The summed E-state index contributed by atoms with van der Waals surface area (Å²) < 4.78 is 5.89. The van der Waals surface area contributed by atoms with Crippen LogP contribution in [0.15, 0.2) is 48.5 Å². The molecule has 1 N–H and O–H groups in total. The molecule has 0 bridgehead atoms. The fraction of sp³-hybridized carbons (Fsp3) is 0.478. The summed E-state index contributed by atoms with van der Waals surface area (Å²) in [5.74, 6) is 1.52. The second kappa shape index (κ2) is 12.3. The van der Waals surface area contributed by atoms with E-state index in [2.05, 4.69) is 79.6 Å². The Bertz CT molecular complexity index is 668. The maximum absolute atomic E-state index is 5.89. The van der Waals surface area contributed by atoms with Crippen molar-refractivity contribution in [1.82, 2.24) is 10.2 Å². The van der Waals surface area contributed by atoms with E-state index in [1.807, 2.05) is 0 Å². The summed E-state index contributed by atoms with van der Waals surface area (Å²) in [4.78, 5) is 2.46. The van der Waals surface area contributed by atoms with Gasteiger partial charge < -0.3 is 10.1 Å². The molecule has 0 amide bonds. The summed E-state index contributed by atoms with van der Waals surface area (Å²) in [7, 11) is 2.23. The minimum atomic E-state index is 0. The maximum atomic E-state index is 5.89. The Morgan fingerprint density at radius 1 is 1.00 bits per heavy atom. The van der Waals surface area contributed by atoms with Crippen LogP contribution in [-0.4, -0.2) is 37.7 Å². The minimum Gasteiger partial charge on any atom is -0.493 e. The van der Waals surface area contributed by atoms with Crippen molar-refractivity contribution in [2.75, 3.05) is 26.7 Å². The molecule has 1 atom stereocenters. The fourth-order valence-corrected chi connectivity index (χ4v) is 3.48. The summed E-state index contributed by atoms with van der Waals surface area (Å²) in [6, 6.07) is 18.1. The first kappa shape index (κ1) is 24.8. The fourth-order valence-electron chi connectivity index (χ4n) is 3.48. The molecule has 0 spiro atoms. The molecule has 1 fully saturated rings. The molecule has 156 valence electrons. The third-order valence-electron chi connectivity index (χ3n) is 5.32. The summed E-state index contributed by atoms with van der Waals surface area (Å²) in [5.41, 5.74) is 4.07. The number of nitrogens with zero attached hydrogens (tertiary/aromatic N) is 1. The molecule has 5 heteroatoms. The highest BCUT2D eigenvalue weighted by Gasteiger charge is 2.18. The summed E-state index contributed by atoms with van der Waals surface area (Å²) in [5, 5.41) is 3.44. The van der Waals surface area contributed by atoms with Crippen LogP contribution < -0.4 is 10.1 Å². The molecule has 0 saturated carbocycles. The second-order valence-electron chi connectivity index (χ2n) is 7.70. The number of halogens is 2. The lowest BCUT2D eigenvalue weighted by atomic mass is 10.0. The highest BCUT2D eigenvalue weighted by molar-refractivity contribution is 5.85. The maximum Gasteiger partial charge on any atom is 0.119 e. The SMILES string of the molecule is CC(C)c1ccc(OCCc2ccc(CN(C)C3CCNC3)cc2)cc1.Cl.Cl. The summed E-state index contributed by atoms with van der Waals surface area (Å²) >= 11 is 0. The van der Waals surface area contributed by atoms with Crippen LogP contribution in [0.25, 0.3) is 0 Å². The minimum absolute atomic E-state index is 0. The summed E-state index contributed by atoms with van der Waals surface area (Å²) in [6.07, 6.45) is 2.19.